The van der Waals surface area contributed by atoms with E-state index in [1.807, 2.05) is 6.07 Å². The van der Waals surface area contributed by atoms with Crippen LogP contribution in [0.2, 0.25) is 0 Å². The fourth-order valence-electron chi connectivity index (χ4n) is 11.1. The van der Waals surface area contributed by atoms with Gasteiger partial charge in [-0.25, -0.2) is 0 Å². The molecule has 71 heavy (non-hydrogen) atoms. The Kier molecular flexibility index (Phi) is 11.2. The predicted octanol–water partition coefficient (Wildman–Crippen LogP) is 19.1. The minimum Gasteiger partial charge on any atom is -0.456 e. The van der Waals surface area contributed by atoms with Gasteiger partial charge in [0, 0.05) is 27.5 Å². The number of furan rings is 1. The monoisotopic (exact) mass is 915 g/mol. The van der Waals surface area contributed by atoms with E-state index in [1.54, 1.807) is 0 Å². The molecule has 1 heterocycles. The smallest absolute Gasteiger partial charge is 0.135 e. The summed E-state index contributed by atoms with van der Waals surface area (Å²) in [4.78, 5) is 5.44. The maximum absolute atomic E-state index is 6.29. The molecule has 2 aliphatic rings. The number of hydrogen-bond acceptors (Lipinski definition) is 2. The van der Waals surface area contributed by atoms with E-state index in [4.69, 9.17) is 9.41 Å². The molecule has 344 valence electrons. The van der Waals surface area contributed by atoms with Gasteiger partial charge in [0.15, 0.2) is 0 Å². The number of aliphatic imine (C=N–C) groups is 1. The summed E-state index contributed by atoms with van der Waals surface area (Å²) in [6.07, 6.45) is 8.05. The molecule has 0 bridgehead atoms. The van der Waals surface area contributed by atoms with Crippen LogP contribution in [0.1, 0.15) is 91.8 Å². The molecule has 1 fully saturated rings. The first kappa shape index (κ1) is 44.2. The fraction of sp³-hybridized carbons (Fsp3) is 0.145. The van der Waals surface area contributed by atoms with Crippen LogP contribution < -0.4 is 0 Å². The minimum absolute atomic E-state index is 0.0927. The van der Waals surface area contributed by atoms with Crippen LogP contribution in [0.15, 0.2) is 222 Å². The maximum Gasteiger partial charge on any atom is 0.135 e. The van der Waals surface area contributed by atoms with E-state index in [2.05, 4.69) is 241 Å². The second-order valence-corrected chi connectivity index (χ2v) is 20.2. The topological polar surface area (TPSA) is 25.5 Å². The summed E-state index contributed by atoms with van der Waals surface area (Å²) in [5.74, 6) is 0.627. The average molecular weight is 916 g/mol. The second-order valence-electron chi connectivity index (χ2n) is 20.2. The summed E-state index contributed by atoms with van der Waals surface area (Å²) in [5.41, 5.74) is 26.0. The standard InChI is InChI=1S/C69H57NO/c1-6-16-50(53-32-35-60-59-21-12-14-23-64(59)69(4,5)65(60)42-53)43-66(70-45(3)46-18-8-7-9-19-46)49-29-25-47(26-30-49)54-37-55(51-31-34-58(48-27-28-48)62(40-51)57-20-11-10-17-44(57)2)39-56(38-54)52-33-36-68-63(41-52)61-22-13-15-24-67(61)71-68/h7-26,29-43,48H,6,27-28H2,1-5H3/b50-16-,66-43-,70-45?. The Labute approximate surface area is 418 Å². The highest BCUT2D eigenvalue weighted by molar-refractivity contribution is 6.06. The zero-order valence-electron chi connectivity index (χ0n) is 41.3. The molecule has 0 radical (unpaired) electrons. The number of fused-ring (bicyclic) bond motifs is 6. The van der Waals surface area contributed by atoms with Crippen molar-refractivity contribution >= 4 is 38.9 Å². The Balaban J connectivity index is 0.981. The number of aryl methyl sites for hydroxylation is 1. The summed E-state index contributed by atoms with van der Waals surface area (Å²) in [5, 5.41) is 2.26. The van der Waals surface area contributed by atoms with Crippen molar-refractivity contribution in [3.63, 3.8) is 0 Å². The van der Waals surface area contributed by atoms with Crippen LogP contribution in [-0.4, -0.2) is 5.71 Å². The van der Waals surface area contributed by atoms with E-state index in [1.165, 1.54) is 79.6 Å². The predicted molar refractivity (Wildman–Crippen MR) is 301 cm³/mol. The lowest BCUT2D eigenvalue weighted by Gasteiger charge is -2.22. The Hall–Kier alpha value is -8.07. The van der Waals surface area contributed by atoms with Crippen LogP contribution in [0.25, 0.3) is 88.8 Å². The molecule has 12 rings (SSSR count). The van der Waals surface area contributed by atoms with Gasteiger partial charge in [-0.15, -0.1) is 0 Å². The zero-order chi connectivity index (χ0) is 48.2. The molecule has 0 amide bonds. The lowest BCUT2D eigenvalue weighted by Crippen LogP contribution is -2.15. The molecule has 9 aromatic carbocycles. The van der Waals surface area contributed by atoms with Gasteiger partial charge in [0.1, 0.15) is 11.2 Å². The molecule has 2 aliphatic carbocycles. The van der Waals surface area contributed by atoms with Gasteiger partial charge in [-0.1, -0.05) is 179 Å². The molecule has 10 aromatic rings. The van der Waals surface area contributed by atoms with Crippen LogP contribution in [0.3, 0.4) is 0 Å². The van der Waals surface area contributed by atoms with E-state index in [0.29, 0.717) is 5.92 Å². The van der Waals surface area contributed by atoms with Crippen LogP contribution in [0.4, 0.5) is 0 Å². The Morgan fingerprint density at radius 3 is 1.90 bits per heavy atom. The fourth-order valence-corrected chi connectivity index (χ4v) is 11.1. The van der Waals surface area contributed by atoms with Crippen LogP contribution >= 0.6 is 0 Å². The number of allylic oxidation sites excluding steroid dienone is 3. The Morgan fingerprint density at radius 2 is 1.14 bits per heavy atom. The summed E-state index contributed by atoms with van der Waals surface area (Å²) >= 11 is 0. The van der Waals surface area contributed by atoms with Gasteiger partial charge in [0.25, 0.3) is 0 Å². The third kappa shape index (κ3) is 8.28. The van der Waals surface area contributed by atoms with Crippen molar-refractivity contribution in [2.75, 3.05) is 0 Å². The summed E-state index contributed by atoms with van der Waals surface area (Å²) in [6.45, 7) is 11.3. The first-order valence-corrected chi connectivity index (χ1v) is 25.4. The molecular formula is C69H57NO. The van der Waals surface area contributed by atoms with E-state index in [9.17, 15) is 0 Å². The zero-order valence-corrected chi connectivity index (χ0v) is 41.3. The highest BCUT2D eigenvalue weighted by atomic mass is 16.3. The first-order chi connectivity index (χ1) is 34.7. The number of benzene rings is 9. The van der Waals surface area contributed by atoms with E-state index >= 15 is 0 Å². The maximum atomic E-state index is 6.29. The minimum atomic E-state index is -0.0927. The Bertz CT molecular complexity index is 3780. The third-order valence-corrected chi connectivity index (χ3v) is 15.1. The van der Waals surface area contributed by atoms with Crippen molar-refractivity contribution < 1.29 is 4.42 Å². The number of nitrogens with zero attached hydrogens (tertiary/aromatic N) is 1. The summed E-state index contributed by atoms with van der Waals surface area (Å²) < 4.78 is 6.29. The second kappa shape index (κ2) is 18.0. The molecule has 0 unspecified atom stereocenters. The largest absolute Gasteiger partial charge is 0.456 e. The molecule has 2 nitrogen and oxygen atoms in total. The van der Waals surface area contributed by atoms with Crippen molar-refractivity contribution in [1.29, 1.82) is 0 Å². The van der Waals surface area contributed by atoms with Gasteiger partial charge in [0.2, 0.25) is 0 Å². The van der Waals surface area contributed by atoms with E-state index in [-0.39, 0.29) is 5.41 Å². The van der Waals surface area contributed by atoms with Crippen LogP contribution in [0, 0.1) is 6.92 Å². The quantitative estimate of drug-likeness (QED) is 0.0937. The van der Waals surface area contributed by atoms with Gasteiger partial charge in [-0.3, -0.25) is 4.99 Å². The van der Waals surface area contributed by atoms with Crippen molar-refractivity contribution in [3.8, 4) is 55.6 Å². The molecule has 0 aliphatic heterocycles. The lowest BCUT2D eigenvalue weighted by molar-refractivity contribution is 0.660. The number of rotatable bonds is 11. The highest BCUT2D eigenvalue weighted by Gasteiger charge is 2.35. The SMILES string of the molecule is CC/C=C(/C=C(\N=C(C)c1ccccc1)c1ccc(-c2cc(-c3ccc(C4CC4)c(-c4ccccc4C)c3)cc(-c3ccc4oc5ccccc5c4c3)c2)cc1)c1ccc2c(c1)C(C)(C)c1ccccc1-2. The molecule has 1 aromatic heterocycles. The van der Waals surface area contributed by atoms with Crippen LogP contribution in [-0.2, 0) is 5.41 Å². The number of para-hydroxylation sites is 1. The molecule has 2 heteroatoms. The van der Waals surface area contributed by atoms with Crippen molar-refractivity contribution in [2.45, 2.75) is 65.2 Å². The summed E-state index contributed by atoms with van der Waals surface area (Å²) in [6, 6.07) is 73.6. The highest BCUT2D eigenvalue weighted by Crippen LogP contribution is 2.50. The van der Waals surface area contributed by atoms with Crippen molar-refractivity contribution in [2.24, 2.45) is 4.99 Å². The van der Waals surface area contributed by atoms with Crippen LogP contribution in [0.5, 0.6) is 0 Å². The number of hydrogen-bond donors (Lipinski definition) is 0. The van der Waals surface area contributed by atoms with E-state index in [0.717, 1.165) is 73.1 Å². The van der Waals surface area contributed by atoms with Gasteiger partial charge in [-0.05, 0) is 188 Å². The van der Waals surface area contributed by atoms with E-state index < -0.39 is 0 Å². The summed E-state index contributed by atoms with van der Waals surface area (Å²) in [7, 11) is 0. The van der Waals surface area contributed by atoms with Crippen molar-refractivity contribution in [1.82, 2.24) is 0 Å². The normalized spacial score (nSPS) is 14.5. The lowest BCUT2D eigenvalue weighted by atomic mass is 9.81. The molecule has 0 atom stereocenters. The van der Waals surface area contributed by atoms with Gasteiger partial charge >= 0.3 is 0 Å². The molecule has 0 N–H and O–H groups in total. The van der Waals surface area contributed by atoms with Gasteiger partial charge in [-0.2, -0.15) is 0 Å². The van der Waals surface area contributed by atoms with Gasteiger partial charge < -0.3 is 4.42 Å². The molecule has 1 saturated carbocycles. The van der Waals surface area contributed by atoms with Crippen molar-refractivity contribution in [3.05, 3.63) is 251 Å². The molecule has 0 spiro atoms. The average Bonchev–Trinajstić information content (AvgIpc) is 4.16. The molecular weight excluding hydrogens is 859 g/mol. The molecule has 0 saturated heterocycles. The Morgan fingerprint density at radius 1 is 0.521 bits per heavy atom. The first-order valence-electron chi connectivity index (χ1n) is 25.4. The van der Waals surface area contributed by atoms with Gasteiger partial charge in [0.05, 0.1) is 5.70 Å². The third-order valence-electron chi connectivity index (χ3n) is 15.1.